The first-order valence-corrected chi connectivity index (χ1v) is 10.6. The van der Waals surface area contributed by atoms with Gasteiger partial charge in [-0.15, -0.1) is 0 Å². The van der Waals surface area contributed by atoms with E-state index in [0.29, 0.717) is 0 Å². The Kier molecular flexibility index (Phi) is 5.49. The summed E-state index contributed by atoms with van der Waals surface area (Å²) in [5.41, 5.74) is 3.69. The molecule has 1 fully saturated rings. The lowest BCUT2D eigenvalue weighted by Crippen LogP contribution is -2.61. The summed E-state index contributed by atoms with van der Waals surface area (Å²) in [5, 5.41) is 3.97. The number of nitrogens with one attached hydrogen (secondary N) is 1. The lowest BCUT2D eigenvalue weighted by molar-refractivity contribution is -0.126. The molecule has 0 bridgehead atoms. The summed E-state index contributed by atoms with van der Waals surface area (Å²) in [4.78, 5) is 18.0. The predicted molar refractivity (Wildman–Crippen MR) is 116 cm³/mol. The average Bonchev–Trinajstić information content (AvgIpc) is 2.72. The lowest BCUT2D eigenvalue weighted by Gasteiger charge is -2.49. The zero-order valence-corrected chi connectivity index (χ0v) is 17.3. The number of para-hydroxylation sites is 1. The molecule has 4 rings (SSSR count). The van der Waals surface area contributed by atoms with E-state index in [1.165, 1.54) is 11.3 Å². The molecule has 2 aromatic carbocycles. The zero-order chi connectivity index (χ0) is 19.7. The summed E-state index contributed by atoms with van der Waals surface area (Å²) < 4.78 is 0. The number of anilines is 2. The van der Waals surface area contributed by atoms with Gasteiger partial charge in [0.25, 0.3) is 0 Å². The molecule has 28 heavy (non-hydrogen) atoms. The fourth-order valence-electron chi connectivity index (χ4n) is 4.42. The number of amides is 1. The van der Waals surface area contributed by atoms with E-state index in [1.54, 1.807) is 0 Å². The largest absolute Gasteiger partial charge is 0.368 e. The number of hydrogen-bond donors (Lipinski definition) is 1. The maximum absolute atomic E-state index is 13.2. The molecule has 0 aliphatic carbocycles. The third-order valence-corrected chi connectivity index (χ3v) is 6.37. The highest BCUT2D eigenvalue weighted by atomic mass is 35.5. The molecule has 1 saturated heterocycles. The second kappa shape index (κ2) is 8.04. The van der Waals surface area contributed by atoms with Crippen LogP contribution in [0.3, 0.4) is 0 Å². The summed E-state index contributed by atoms with van der Waals surface area (Å²) in [6.45, 7) is 6.83. The number of piperazine rings is 1. The van der Waals surface area contributed by atoms with Gasteiger partial charge in [0.05, 0.1) is 12.0 Å². The summed E-state index contributed by atoms with van der Waals surface area (Å²) in [6, 6.07) is 16.9. The number of halogens is 1. The third kappa shape index (κ3) is 3.70. The van der Waals surface area contributed by atoms with Gasteiger partial charge in [0, 0.05) is 42.1 Å². The highest BCUT2D eigenvalue weighted by molar-refractivity contribution is 6.30. The quantitative estimate of drug-likeness (QED) is 0.842. The zero-order valence-electron chi connectivity index (χ0n) is 16.6. The maximum atomic E-state index is 13.2. The van der Waals surface area contributed by atoms with Crippen LogP contribution >= 0.6 is 11.6 Å². The minimum atomic E-state index is -0.0501. The van der Waals surface area contributed by atoms with E-state index >= 15 is 0 Å². The van der Waals surface area contributed by atoms with Crippen molar-refractivity contribution in [1.82, 2.24) is 5.32 Å². The van der Waals surface area contributed by atoms with Crippen LogP contribution in [0.5, 0.6) is 0 Å². The van der Waals surface area contributed by atoms with Crippen LogP contribution in [0.25, 0.3) is 0 Å². The van der Waals surface area contributed by atoms with Crippen LogP contribution in [0.1, 0.15) is 25.8 Å². The Hall–Kier alpha value is -2.20. The Morgan fingerprint density at radius 3 is 2.82 bits per heavy atom. The molecule has 0 aromatic heterocycles. The Morgan fingerprint density at radius 2 is 2.04 bits per heavy atom. The van der Waals surface area contributed by atoms with Crippen molar-refractivity contribution >= 4 is 28.9 Å². The molecule has 2 aromatic rings. The van der Waals surface area contributed by atoms with E-state index in [1.807, 2.05) is 18.2 Å². The second-order valence-electron chi connectivity index (χ2n) is 7.94. The van der Waals surface area contributed by atoms with Crippen molar-refractivity contribution in [2.24, 2.45) is 5.92 Å². The van der Waals surface area contributed by atoms with Gasteiger partial charge in [-0.25, -0.2) is 0 Å². The molecular weight excluding hydrogens is 370 g/mol. The number of fused-ring (bicyclic) bond motifs is 3. The van der Waals surface area contributed by atoms with Crippen LogP contribution in [0.2, 0.25) is 5.02 Å². The summed E-state index contributed by atoms with van der Waals surface area (Å²) in [7, 11) is 0. The number of hydrogen-bond acceptors (Lipinski definition) is 3. The van der Waals surface area contributed by atoms with Crippen molar-refractivity contribution in [3.8, 4) is 0 Å². The Bertz CT molecular complexity index is 855. The van der Waals surface area contributed by atoms with E-state index in [-0.39, 0.29) is 23.9 Å². The fourth-order valence-corrected chi connectivity index (χ4v) is 4.60. The molecular formula is C23H28ClN3O. The maximum Gasteiger partial charge on any atom is 0.225 e. The molecule has 1 amide bonds. The molecule has 2 aliphatic heterocycles. The third-order valence-electron chi connectivity index (χ3n) is 6.14. The molecule has 2 heterocycles. The standard InChI is InChI=1S/C23H28ClN3O/c1-3-16(2)25-23(28)20-13-17-7-4-5-10-21(17)27-12-11-26(15-22(20)27)19-9-6-8-18(24)14-19/h4-10,14,16,20,22H,3,11-13,15H2,1-2H3,(H,25,28)/t16-,20+,22+/m0/s1. The molecule has 4 nitrogen and oxygen atoms in total. The number of nitrogens with zero attached hydrogens (tertiary/aromatic N) is 2. The van der Waals surface area contributed by atoms with Crippen LogP contribution < -0.4 is 15.1 Å². The van der Waals surface area contributed by atoms with Gasteiger partial charge in [-0.1, -0.05) is 42.8 Å². The molecule has 148 valence electrons. The lowest BCUT2D eigenvalue weighted by atomic mass is 9.83. The number of rotatable bonds is 4. The number of carbonyl (C=O) groups is 1. The van der Waals surface area contributed by atoms with Crippen molar-refractivity contribution in [3.05, 3.63) is 59.1 Å². The molecule has 0 saturated carbocycles. The first-order valence-electron chi connectivity index (χ1n) is 10.2. The molecule has 0 spiro atoms. The number of carbonyl (C=O) groups excluding carboxylic acids is 1. The minimum Gasteiger partial charge on any atom is -0.368 e. The van der Waals surface area contributed by atoms with Crippen molar-refractivity contribution in [1.29, 1.82) is 0 Å². The second-order valence-corrected chi connectivity index (χ2v) is 8.38. The van der Waals surface area contributed by atoms with E-state index in [4.69, 9.17) is 11.6 Å². The van der Waals surface area contributed by atoms with Gasteiger partial charge < -0.3 is 15.1 Å². The monoisotopic (exact) mass is 397 g/mol. The topological polar surface area (TPSA) is 35.6 Å². The molecule has 3 atom stereocenters. The Balaban J connectivity index is 1.64. The van der Waals surface area contributed by atoms with Crippen LogP contribution in [-0.2, 0) is 11.2 Å². The van der Waals surface area contributed by atoms with Gasteiger partial charge in [-0.05, 0) is 49.6 Å². The van der Waals surface area contributed by atoms with Crippen LogP contribution in [0.4, 0.5) is 11.4 Å². The van der Waals surface area contributed by atoms with Crippen LogP contribution in [0.15, 0.2) is 48.5 Å². The van der Waals surface area contributed by atoms with E-state index in [0.717, 1.165) is 43.2 Å². The smallest absolute Gasteiger partial charge is 0.225 e. The van der Waals surface area contributed by atoms with Crippen LogP contribution in [0, 0.1) is 5.92 Å². The van der Waals surface area contributed by atoms with Crippen molar-refractivity contribution < 1.29 is 4.79 Å². The molecule has 5 heteroatoms. The van der Waals surface area contributed by atoms with Gasteiger partial charge >= 0.3 is 0 Å². The van der Waals surface area contributed by atoms with Gasteiger partial charge in [-0.3, -0.25) is 4.79 Å². The Morgan fingerprint density at radius 1 is 1.21 bits per heavy atom. The first kappa shape index (κ1) is 19.1. The van der Waals surface area contributed by atoms with Crippen LogP contribution in [-0.4, -0.2) is 37.6 Å². The van der Waals surface area contributed by atoms with Crippen molar-refractivity contribution in [3.63, 3.8) is 0 Å². The minimum absolute atomic E-state index is 0.0501. The highest BCUT2D eigenvalue weighted by Gasteiger charge is 2.41. The normalized spacial score (nSPS) is 22.2. The van der Waals surface area contributed by atoms with Gasteiger partial charge in [0.15, 0.2) is 0 Å². The van der Waals surface area contributed by atoms with Crippen molar-refractivity contribution in [2.45, 2.75) is 38.8 Å². The molecule has 2 aliphatic rings. The average molecular weight is 398 g/mol. The van der Waals surface area contributed by atoms with E-state index in [9.17, 15) is 4.79 Å². The summed E-state index contributed by atoms with van der Waals surface area (Å²) in [5.74, 6) is 0.123. The van der Waals surface area contributed by atoms with Gasteiger partial charge in [0.1, 0.15) is 0 Å². The SMILES string of the molecule is CC[C@H](C)NC(=O)[C@@H]1Cc2ccccc2N2CCN(c3cccc(Cl)c3)C[C@H]12. The molecule has 1 N–H and O–H groups in total. The molecule has 0 radical (unpaired) electrons. The summed E-state index contributed by atoms with van der Waals surface area (Å²) in [6.07, 6.45) is 1.74. The van der Waals surface area contributed by atoms with Gasteiger partial charge in [-0.2, -0.15) is 0 Å². The van der Waals surface area contributed by atoms with E-state index in [2.05, 4.69) is 59.3 Å². The van der Waals surface area contributed by atoms with E-state index < -0.39 is 0 Å². The number of benzene rings is 2. The van der Waals surface area contributed by atoms with Gasteiger partial charge in [0.2, 0.25) is 5.91 Å². The molecule has 0 unspecified atom stereocenters. The highest BCUT2D eigenvalue weighted by Crippen LogP contribution is 2.37. The predicted octanol–water partition coefficient (Wildman–Crippen LogP) is 4.12. The fraction of sp³-hybridized carbons (Fsp3) is 0.435. The first-order chi connectivity index (χ1) is 13.6. The van der Waals surface area contributed by atoms with Crippen molar-refractivity contribution in [2.75, 3.05) is 29.4 Å². The summed E-state index contributed by atoms with van der Waals surface area (Å²) >= 11 is 6.22. The Labute approximate surface area is 172 Å².